The Bertz CT molecular complexity index is 784. The third kappa shape index (κ3) is 3.94. The lowest BCUT2D eigenvalue weighted by molar-refractivity contribution is -0.388. The Morgan fingerprint density at radius 2 is 1.96 bits per heavy atom. The molecule has 7 nitrogen and oxygen atoms in total. The molecule has 0 spiro atoms. The van der Waals surface area contributed by atoms with Crippen LogP contribution in [0, 0.1) is 15.5 Å². The summed E-state index contributed by atoms with van der Waals surface area (Å²) < 4.78 is 39.1. The summed E-state index contributed by atoms with van der Waals surface area (Å²) in [4.78, 5) is 22.2. The van der Waals surface area contributed by atoms with Crippen LogP contribution in [0.15, 0.2) is 23.3 Å². The summed E-state index contributed by atoms with van der Waals surface area (Å²) in [5.74, 6) is -0.581. The summed E-state index contributed by atoms with van der Waals surface area (Å²) in [7, 11) is 0. The predicted octanol–water partition coefficient (Wildman–Crippen LogP) is 3.71. The molecule has 1 aromatic carbocycles. The molecule has 1 unspecified atom stereocenters. The number of rotatable bonds is 3. The third-order valence-corrected chi connectivity index (χ3v) is 4.08. The van der Waals surface area contributed by atoms with Crippen LogP contribution in [0.2, 0.25) is 0 Å². The van der Waals surface area contributed by atoms with E-state index in [4.69, 9.17) is 0 Å². The number of hydrogen-bond acceptors (Lipinski definition) is 5. The number of benzene rings is 1. The van der Waals surface area contributed by atoms with Gasteiger partial charge in [0, 0.05) is 29.3 Å². The molecular weight excluding hydrogens is 353 g/mol. The fourth-order valence-electron chi connectivity index (χ4n) is 2.44. The van der Waals surface area contributed by atoms with Crippen LogP contribution in [0.25, 0.3) is 0 Å². The van der Waals surface area contributed by atoms with Crippen molar-refractivity contribution >= 4 is 23.0 Å². The summed E-state index contributed by atoms with van der Waals surface area (Å²) in [6, 6.07) is 2.34. The maximum Gasteiger partial charge on any atom is 0.423 e. The van der Waals surface area contributed by atoms with Crippen LogP contribution in [0.1, 0.15) is 39.7 Å². The molecule has 142 valence electrons. The van der Waals surface area contributed by atoms with Crippen LogP contribution >= 0.6 is 0 Å². The number of amides is 1. The van der Waals surface area contributed by atoms with Gasteiger partial charge in [-0.25, -0.2) is 0 Å². The van der Waals surface area contributed by atoms with E-state index in [0.29, 0.717) is 12.5 Å². The molecule has 0 aromatic heterocycles. The van der Waals surface area contributed by atoms with Crippen molar-refractivity contribution in [3.63, 3.8) is 0 Å². The third-order valence-electron chi connectivity index (χ3n) is 4.08. The number of carbonyl (C=O) groups is 1. The number of hydrazone groups is 1. The van der Waals surface area contributed by atoms with Crippen LogP contribution in [-0.4, -0.2) is 22.1 Å². The first-order chi connectivity index (χ1) is 11.7. The van der Waals surface area contributed by atoms with Gasteiger partial charge in [0.1, 0.15) is 11.1 Å². The molecule has 1 aliphatic rings. The van der Waals surface area contributed by atoms with E-state index in [9.17, 15) is 28.1 Å². The van der Waals surface area contributed by atoms with Gasteiger partial charge in [-0.05, 0) is 19.1 Å². The largest absolute Gasteiger partial charge is 0.423 e. The number of carbonyl (C=O) groups excluding carboxylic acids is 1. The molecule has 0 saturated carbocycles. The minimum absolute atomic E-state index is 0.180. The molecule has 0 bridgehead atoms. The minimum Gasteiger partial charge on any atom is -0.324 e. The monoisotopic (exact) mass is 372 g/mol. The highest BCUT2D eigenvalue weighted by molar-refractivity contribution is 6.04. The van der Waals surface area contributed by atoms with Crippen molar-refractivity contribution in [1.82, 2.24) is 5.43 Å². The standard InChI is InChI=1S/C16H19F3N4O3/c1-14(2,3)12-8-15(4,22-21-12)13(24)20-9-5-6-11(23(25)26)10(7-9)16(17,18)19/h5-7,22H,8H2,1-4H3,(H,20,24). The molecule has 1 amide bonds. The lowest BCUT2D eigenvalue weighted by Crippen LogP contribution is -2.48. The van der Waals surface area contributed by atoms with Gasteiger partial charge in [-0.1, -0.05) is 20.8 Å². The molecule has 0 aliphatic carbocycles. The lowest BCUT2D eigenvalue weighted by atomic mass is 9.83. The van der Waals surface area contributed by atoms with Gasteiger partial charge in [0.25, 0.3) is 11.6 Å². The van der Waals surface area contributed by atoms with Gasteiger partial charge in [0.2, 0.25) is 0 Å². The highest BCUT2D eigenvalue weighted by atomic mass is 19.4. The molecule has 1 aromatic rings. The molecule has 1 aliphatic heterocycles. The SMILES string of the molecule is CC(C)(C)C1=NNC(C)(C(=O)Nc2ccc([N+](=O)[O-])c(C(F)(F)F)c2)C1. The smallest absolute Gasteiger partial charge is 0.324 e. The van der Waals surface area contributed by atoms with E-state index in [0.717, 1.165) is 17.8 Å². The second-order valence-electron chi connectivity index (χ2n) is 7.37. The van der Waals surface area contributed by atoms with Gasteiger partial charge in [0.05, 0.1) is 4.92 Å². The number of halogens is 3. The Morgan fingerprint density at radius 3 is 2.42 bits per heavy atom. The molecule has 10 heteroatoms. The zero-order chi connectivity index (χ0) is 19.9. The first-order valence-corrected chi connectivity index (χ1v) is 7.75. The maximum absolute atomic E-state index is 13.0. The number of nitro groups is 1. The van der Waals surface area contributed by atoms with Crippen molar-refractivity contribution in [2.75, 3.05) is 5.32 Å². The van der Waals surface area contributed by atoms with Gasteiger partial charge in [0.15, 0.2) is 0 Å². The maximum atomic E-state index is 13.0. The number of alkyl halides is 3. The van der Waals surface area contributed by atoms with Crippen molar-refractivity contribution in [3.8, 4) is 0 Å². The summed E-state index contributed by atoms with van der Waals surface area (Å²) in [6.45, 7) is 7.38. The molecule has 1 heterocycles. The van der Waals surface area contributed by atoms with E-state index in [1.165, 1.54) is 0 Å². The summed E-state index contributed by atoms with van der Waals surface area (Å²) >= 11 is 0. The number of nitrogens with one attached hydrogen (secondary N) is 2. The first-order valence-electron chi connectivity index (χ1n) is 7.75. The molecule has 0 saturated heterocycles. The van der Waals surface area contributed by atoms with Crippen LogP contribution in [-0.2, 0) is 11.0 Å². The fraction of sp³-hybridized carbons (Fsp3) is 0.500. The Hall–Kier alpha value is -2.65. The normalized spacial score (nSPS) is 20.3. The van der Waals surface area contributed by atoms with Gasteiger partial charge in [-0.15, -0.1) is 0 Å². The predicted molar refractivity (Wildman–Crippen MR) is 89.8 cm³/mol. The Kier molecular flexibility index (Phi) is 4.73. The Balaban J connectivity index is 2.24. The number of hydrogen-bond donors (Lipinski definition) is 2. The van der Waals surface area contributed by atoms with Crippen molar-refractivity contribution in [2.45, 2.75) is 45.8 Å². The molecule has 0 radical (unpaired) electrons. The summed E-state index contributed by atoms with van der Waals surface area (Å²) in [6.07, 6.45) is -4.62. The molecule has 0 fully saturated rings. The van der Waals surface area contributed by atoms with Crippen LogP contribution in [0.5, 0.6) is 0 Å². The highest BCUT2D eigenvalue weighted by Gasteiger charge is 2.42. The topological polar surface area (TPSA) is 96.6 Å². The average molecular weight is 372 g/mol. The molecule has 26 heavy (non-hydrogen) atoms. The van der Waals surface area contributed by atoms with E-state index in [1.807, 2.05) is 20.8 Å². The quantitative estimate of drug-likeness (QED) is 0.624. The summed E-state index contributed by atoms with van der Waals surface area (Å²) in [5.41, 5.74) is -0.566. The van der Waals surface area contributed by atoms with E-state index in [-0.39, 0.29) is 11.1 Å². The van der Waals surface area contributed by atoms with Crippen molar-refractivity contribution < 1.29 is 22.9 Å². The van der Waals surface area contributed by atoms with Gasteiger partial charge in [-0.3, -0.25) is 20.3 Å². The molecule has 2 rings (SSSR count). The Labute approximate surface area is 147 Å². The van der Waals surface area contributed by atoms with Gasteiger partial charge in [-0.2, -0.15) is 18.3 Å². The number of nitro benzene ring substituents is 1. The number of nitrogens with zero attached hydrogens (tertiary/aromatic N) is 2. The number of anilines is 1. The Morgan fingerprint density at radius 1 is 1.35 bits per heavy atom. The zero-order valence-corrected chi connectivity index (χ0v) is 14.7. The second-order valence-corrected chi connectivity index (χ2v) is 7.37. The minimum atomic E-state index is -4.92. The lowest BCUT2D eigenvalue weighted by Gasteiger charge is -2.24. The van der Waals surface area contributed by atoms with E-state index in [1.54, 1.807) is 6.92 Å². The molecular formula is C16H19F3N4O3. The van der Waals surface area contributed by atoms with Crippen molar-refractivity contribution in [1.29, 1.82) is 0 Å². The van der Waals surface area contributed by atoms with Gasteiger partial charge >= 0.3 is 6.18 Å². The first kappa shape index (κ1) is 19.7. The van der Waals surface area contributed by atoms with E-state index < -0.39 is 33.8 Å². The molecule has 1 atom stereocenters. The highest BCUT2D eigenvalue weighted by Crippen LogP contribution is 2.38. The second kappa shape index (κ2) is 6.26. The fourth-order valence-corrected chi connectivity index (χ4v) is 2.44. The van der Waals surface area contributed by atoms with Crippen LogP contribution < -0.4 is 10.7 Å². The molecule has 2 N–H and O–H groups in total. The summed E-state index contributed by atoms with van der Waals surface area (Å²) in [5, 5.41) is 17.3. The average Bonchev–Trinajstić information content (AvgIpc) is 2.90. The van der Waals surface area contributed by atoms with Gasteiger partial charge < -0.3 is 5.32 Å². The van der Waals surface area contributed by atoms with Crippen LogP contribution in [0.3, 0.4) is 0 Å². The zero-order valence-electron chi connectivity index (χ0n) is 14.7. The van der Waals surface area contributed by atoms with E-state index in [2.05, 4.69) is 15.8 Å². The van der Waals surface area contributed by atoms with Crippen LogP contribution in [0.4, 0.5) is 24.5 Å². The van der Waals surface area contributed by atoms with Crippen molar-refractivity contribution in [2.24, 2.45) is 10.5 Å². The van der Waals surface area contributed by atoms with Crippen molar-refractivity contribution in [3.05, 3.63) is 33.9 Å². The van der Waals surface area contributed by atoms with E-state index >= 15 is 0 Å².